The Balaban J connectivity index is 0.00000312. The Bertz CT molecular complexity index is 639. The van der Waals surface area contributed by atoms with Gasteiger partial charge in [-0.05, 0) is 25.5 Å². The van der Waals surface area contributed by atoms with Gasteiger partial charge in [-0.2, -0.15) is 0 Å². The molecule has 1 fully saturated rings. The van der Waals surface area contributed by atoms with Crippen molar-refractivity contribution in [2.45, 2.75) is 19.4 Å². The SMILES string of the molecule is CCNC(=NCCNS(C)(=O)=O)NC1CCN(c2ccccc2)C1.I. The summed E-state index contributed by atoms with van der Waals surface area (Å²) in [6.45, 7) is 5.41. The first-order valence-electron chi connectivity index (χ1n) is 8.27. The van der Waals surface area contributed by atoms with E-state index in [4.69, 9.17) is 0 Å². The van der Waals surface area contributed by atoms with Crippen molar-refractivity contribution in [3.8, 4) is 0 Å². The number of nitrogens with one attached hydrogen (secondary N) is 3. The Morgan fingerprint density at radius 2 is 2.04 bits per heavy atom. The zero-order valence-corrected chi connectivity index (χ0v) is 17.9. The normalized spacial score (nSPS) is 17.9. The van der Waals surface area contributed by atoms with Crippen molar-refractivity contribution in [1.29, 1.82) is 0 Å². The van der Waals surface area contributed by atoms with Gasteiger partial charge in [0.15, 0.2) is 5.96 Å². The van der Waals surface area contributed by atoms with Crippen LogP contribution in [0.2, 0.25) is 0 Å². The standard InChI is InChI=1S/C16H27N5O2S.HI/c1-3-17-16(18-10-11-19-24(2,22)23)20-14-9-12-21(13-14)15-7-5-4-6-8-15;/h4-8,14,19H,3,9-13H2,1-2H3,(H2,17,18,20);1H. The lowest BCUT2D eigenvalue weighted by molar-refractivity contribution is 0.588. The zero-order chi connectivity index (χ0) is 17.4. The number of benzene rings is 1. The summed E-state index contributed by atoms with van der Waals surface area (Å²) in [5.74, 6) is 0.729. The van der Waals surface area contributed by atoms with Crippen LogP contribution in [-0.2, 0) is 10.0 Å². The molecule has 142 valence electrons. The van der Waals surface area contributed by atoms with Crippen LogP contribution in [0.3, 0.4) is 0 Å². The number of halogens is 1. The molecule has 25 heavy (non-hydrogen) atoms. The van der Waals surface area contributed by atoms with Crippen LogP contribution >= 0.6 is 24.0 Å². The van der Waals surface area contributed by atoms with Crippen molar-refractivity contribution < 1.29 is 8.42 Å². The van der Waals surface area contributed by atoms with Gasteiger partial charge in [-0.15, -0.1) is 24.0 Å². The van der Waals surface area contributed by atoms with Crippen LogP contribution in [0.5, 0.6) is 0 Å². The highest BCUT2D eigenvalue weighted by atomic mass is 127. The number of hydrogen-bond acceptors (Lipinski definition) is 4. The first kappa shape index (κ1) is 22.0. The largest absolute Gasteiger partial charge is 0.369 e. The number of sulfonamides is 1. The molecule has 1 heterocycles. The Hall–Kier alpha value is -1.07. The third kappa shape index (κ3) is 8.23. The summed E-state index contributed by atoms with van der Waals surface area (Å²) in [6, 6.07) is 10.7. The van der Waals surface area contributed by atoms with Gasteiger partial charge in [0, 0.05) is 37.9 Å². The molecule has 7 nitrogen and oxygen atoms in total. The first-order valence-corrected chi connectivity index (χ1v) is 10.2. The van der Waals surface area contributed by atoms with Gasteiger partial charge in [0.05, 0.1) is 12.8 Å². The lowest BCUT2D eigenvalue weighted by Gasteiger charge is -2.20. The van der Waals surface area contributed by atoms with Crippen molar-refractivity contribution in [1.82, 2.24) is 15.4 Å². The van der Waals surface area contributed by atoms with Gasteiger partial charge < -0.3 is 15.5 Å². The predicted octanol–water partition coefficient (Wildman–Crippen LogP) is 0.988. The summed E-state index contributed by atoms with van der Waals surface area (Å²) < 4.78 is 24.6. The predicted molar refractivity (Wildman–Crippen MR) is 114 cm³/mol. The van der Waals surface area contributed by atoms with E-state index in [1.165, 1.54) is 5.69 Å². The molecule has 0 bridgehead atoms. The molecule has 0 amide bonds. The number of anilines is 1. The molecule has 1 aromatic carbocycles. The van der Waals surface area contributed by atoms with E-state index in [-0.39, 0.29) is 24.0 Å². The van der Waals surface area contributed by atoms with Crippen LogP contribution in [0.1, 0.15) is 13.3 Å². The fourth-order valence-electron chi connectivity index (χ4n) is 2.66. The second-order valence-electron chi connectivity index (χ2n) is 5.84. The Labute approximate surface area is 167 Å². The van der Waals surface area contributed by atoms with Crippen LogP contribution in [0.4, 0.5) is 5.69 Å². The molecular weight excluding hydrogens is 453 g/mol. The minimum Gasteiger partial charge on any atom is -0.369 e. The number of hydrogen-bond donors (Lipinski definition) is 3. The highest BCUT2D eigenvalue weighted by Crippen LogP contribution is 2.19. The van der Waals surface area contributed by atoms with Crippen molar-refractivity contribution in [3.05, 3.63) is 30.3 Å². The molecule has 0 aromatic heterocycles. The first-order chi connectivity index (χ1) is 11.5. The van der Waals surface area contributed by atoms with Gasteiger partial charge >= 0.3 is 0 Å². The minimum atomic E-state index is -3.16. The highest BCUT2D eigenvalue weighted by Gasteiger charge is 2.23. The van der Waals surface area contributed by atoms with Crippen LogP contribution in [0.15, 0.2) is 35.3 Å². The number of guanidine groups is 1. The third-order valence-electron chi connectivity index (χ3n) is 3.74. The maximum absolute atomic E-state index is 11.1. The number of para-hydroxylation sites is 1. The second-order valence-corrected chi connectivity index (χ2v) is 7.67. The zero-order valence-electron chi connectivity index (χ0n) is 14.7. The van der Waals surface area contributed by atoms with Crippen molar-refractivity contribution >= 4 is 45.6 Å². The van der Waals surface area contributed by atoms with E-state index in [0.29, 0.717) is 19.1 Å². The molecule has 1 aliphatic rings. The van der Waals surface area contributed by atoms with Gasteiger partial charge in [0.1, 0.15) is 0 Å². The molecule has 1 saturated heterocycles. The van der Waals surface area contributed by atoms with Crippen LogP contribution in [0.25, 0.3) is 0 Å². The fourth-order valence-corrected chi connectivity index (χ4v) is 3.13. The van der Waals surface area contributed by atoms with Crippen molar-refractivity contribution in [2.24, 2.45) is 4.99 Å². The van der Waals surface area contributed by atoms with Gasteiger partial charge in [-0.1, -0.05) is 18.2 Å². The second kappa shape index (κ2) is 10.8. The van der Waals surface area contributed by atoms with Gasteiger partial charge in [-0.3, -0.25) is 4.99 Å². The molecule has 3 N–H and O–H groups in total. The van der Waals surface area contributed by atoms with Crippen LogP contribution in [0, 0.1) is 0 Å². The number of aliphatic imine (C=N–C) groups is 1. The molecule has 1 aromatic rings. The maximum atomic E-state index is 11.1. The fraction of sp³-hybridized carbons (Fsp3) is 0.562. The quantitative estimate of drug-likeness (QED) is 0.234. The Morgan fingerprint density at radius 3 is 2.68 bits per heavy atom. The smallest absolute Gasteiger partial charge is 0.208 e. The monoisotopic (exact) mass is 481 g/mol. The van der Waals surface area contributed by atoms with E-state index in [1.54, 1.807) is 0 Å². The molecule has 9 heteroatoms. The van der Waals surface area contributed by atoms with E-state index >= 15 is 0 Å². The van der Waals surface area contributed by atoms with E-state index < -0.39 is 10.0 Å². The van der Waals surface area contributed by atoms with Gasteiger partial charge in [-0.25, -0.2) is 13.1 Å². The van der Waals surface area contributed by atoms with E-state index in [0.717, 1.165) is 38.3 Å². The summed E-state index contributed by atoms with van der Waals surface area (Å²) in [7, 11) is -3.16. The lowest BCUT2D eigenvalue weighted by Crippen LogP contribution is -2.45. The van der Waals surface area contributed by atoms with E-state index in [2.05, 4.69) is 49.5 Å². The summed E-state index contributed by atoms with van der Waals surface area (Å²) in [4.78, 5) is 6.78. The number of rotatable bonds is 7. The van der Waals surface area contributed by atoms with Crippen LogP contribution in [-0.4, -0.2) is 59.4 Å². The summed E-state index contributed by atoms with van der Waals surface area (Å²) in [5, 5.41) is 6.64. The van der Waals surface area contributed by atoms with E-state index in [9.17, 15) is 8.42 Å². The third-order valence-corrected chi connectivity index (χ3v) is 4.47. The molecule has 1 atom stereocenters. The molecule has 2 rings (SSSR count). The minimum absolute atomic E-state index is 0. The topological polar surface area (TPSA) is 85.8 Å². The lowest BCUT2D eigenvalue weighted by atomic mass is 10.3. The van der Waals surface area contributed by atoms with Crippen LogP contribution < -0.4 is 20.3 Å². The van der Waals surface area contributed by atoms with Gasteiger partial charge in [0.25, 0.3) is 0 Å². The van der Waals surface area contributed by atoms with Crippen molar-refractivity contribution in [2.75, 3.05) is 43.9 Å². The summed E-state index contributed by atoms with van der Waals surface area (Å²) in [5.41, 5.74) is 1.24. The maximum Gasteiger partial charge on any atom is 0.208 e. The summed E-state index contributed by atoms with van der Waals surface area (Å²) >= 11 is 0. The Morgan fingerprint density at radius 1 is 1.32 bits per heavy atom. The molecule has 0 spiro atoms. The number of nitrogens with zero attached hydrogens (tertiary/aromatic N) is 2. The summed E-state index contributed by atoms with van der Waals surface area (Å²) in [6.07, 6.45) is 2.19. The molecule has 0 aliphatic carbocycles. The molecule has 1 aliphatic heterocycles. The average molecular weight is 481 g/mol. The van der Waals surface area contributed by atoms with E-state index in [1.807, 2.05) is 13.0 Å². The molecule has 0 saturated carbocycles. The van der Waals surface area contributed by atoms with Crippen molar-refractivity contribution in [3.63, 3.8) is 0 Å². The molecular formula is C16H28IN5O2S. The molecule has 1 unspecified atom stereocenters. The molecule has 0 radical (unpaired) electrons. The average Bonchev–Trinajstić information content (AvgIpc) is 3.00. The Kier molecular flexibility index (Phi) is 9.51. The highest BCUT2D eigenvalue weighted by molar-refractivity contribution is 14.0. The van der Waals surface area contributed by atoms with Gasteiger partial charge in [0.2, 0.25) is 10.0 Å².